The molecule has 0 amide bonds. The third-order valence-corrected chi connectivity index (χ3v) is 1.96. The van der Waals surface area contributed by atoms with E-state index in [0.717, 1.165) is 0 Å². The molecule has 0 aromatic carbocycles. The summed E-state index contributed by atoms with van der Waals surface area (Å²) in [7, 11) is 1.32. The summed E-state index contributed by atoms with van der Waals surface area (Å²) in [4.78, 5) is 21.6. The minimum atomic E-state index is -0.635. The van der Waals surface area contributed by atoms with Crippen LogP contribution in [0.2, 0.25) is 0 Å². The predicted octanol–water partition coefficient (Wildman–Crippen LogP) is 0.645. The minimum absolute atomic E-state index is 0.148. The van der Waals surface area contributed by atoms with Crippen LogP contribution in [0.1, 0.15) is 26.2 Å². The number of rotatable bonds is 2. The summed E-state index contributed by atoms with van der Waals surface area (Å²) in [6, 6.07) is 0. The molecular formula is C8H12O4. The Labute approximate surface area is 70.8 Å². The number of hydrogen-bond acceptors (Lipinski definition) is 4. The van der Waals surface area contributed by atoms with Gasteiger partial charge in [0.05, 0.1) is 13.5 Å². The lowest BCUT2D eigenvalue weighted by Gasteiger charge is -2.20. The molecule has 1 atom stereocenters. The van der Waals surface area contributed by atoms with Crippen LogP contribution >= 0.6 is 0 Å². The van der Waals surface area contributed by atoms with E-state index < -0.39 is 5.60 Å². The van der Waals surface area contributed by atoms with Gasteiger partial charge in [-0.2, -0.15) is 0 Å². The van der Waals surface area contributed by atoms with E-state index in [9.17, 15) is 9.59 Å². The van der Waals surface area contributed by atoms with Crippen LogP contribution in [0.3, 0.4) is 0 Å². The zero-order chi connectivity index (χ0) is 9.19. The molecule has 1 rings (SSSR count). The van der Waals surface area contributed by atoms with Gasteiger partial charge in [0, 0.05) is 6.42 Å². The van der Waals surface area contributed by atoms with E-state index in [1.165, 1.54) is 7.11 Å². The van der Waals surface area contributed by atoms with Crippen molar-refractivity contribution in [2.24, 2.45) is 0 Å². The van der Waals surface area contributed by atoms with Crippen LogP contribution in [0, 0.1) is 0 Å². The van der Waals surface area contributed by atoms with E-state index in [0.29, 0.717) is 12.8 Å². The molecule has 0 N–H and O–H groups in total. The van der Waals surface area contributed by atoms with E-state index in [4.69, 9.17) is 4.74 Å². The van der Waals surface area contributed by atoms with Crippen molar-refractivity contribution in [2.75, 3.05) is 7.11 Å². The molecular weight excluding hydrogens is 160 g/mol. The molecule has 0 radical (unpaired) electrons. The summed E-state index contributed by atoms with van der Waals surface area (Å²) in [6.45, 7) is 1.74. The number of ether oxygens (including phenoxy) is 2. The third-order valence-electron chi connectivity index (χ3n) is 1.96. The topological polar surface area (TPSA) is 52.6 Å². The van der Waals surface area contributed by atoms with E-state index in [1.54, 1.807) is 6.92 Å². The van der Waals surface area contributed by atoms with Gasteiger partial charge in [-0.15, -0.1) is 0 Å². The van der Waals surface area contributed by atoms with Gasteiger partial charge in [0.25, 0.3) is 0 Å². The van der Waals surface area contributed by atoms with Crippen LogP contribution in [0.25, 0.3) is 0 Å². The Hall–Kier alpha value is -1.06. The number of hydrogen-bond donors (Lipinski definition) is 0. The van der Waals surface area contributed by atoms with Gasteiger partial charge in [0.1, 0.15) is 5.60 Å². The first-order chi connectivity index (χ1) is 5.56. The first-order valence-electron chi connectivity index (χ1n) is 3.84. The molecule has 4 nitrogen and oxygen atoms in total. The second-order valence-corrected chi connectivity index (χ2v) is 3.18. The van der Waals surface area contributed by atoms with Crippen LogP contribution in [0.4, 0.5) is 0 Å². The molecule has 0 bridgehead atoms. The number of cyclic esters (lactones) is 1. The van der Waals surface area contributed by atoms with Gasteiger partial charge in [-0.05, 0) is 13.3 Å². The molecule has 1 aliphatic rings. The molecule has 0 aromatic heterocycles. The molecule has 1 heterocycles. The largest absolute Gasteiger partial charge is 0.469 e. The highest BCUT2D eigenvalue weighted by molar-refractivity contribution is 5.75. The van der Waals surface area contributed by atoms with Crippen molar-refractivity contribution in [1.29, 1.82) is 0 Å². The number of carbonyl (C=O) groups is 2. The molecule has 0 spiro atoms. The summed E-state index contributed by atoms with van der Waals surface area (Å²) < 4.78 is 9.46. The second-order valence-electron chi connectivity index (χ2n) is 3.18. The molecule has 68 valence electrons. The highest BCUT2D eigenvalue weighted by Gasteiger charge is 2.37. The van der Waals surface area contributed by atoms with Gasteiger partial charge in [-0.3, -0.25) is 9.59 Å². The molecule has 0 aliphatic carbocycles. The Bertz CT molecular complexity index is 211. The summed E-state index contributed by atoms with van der Waals surface area (Å²) >= 11 is 0. The van der Waals surface area contributed by atoms with E-state index in [2.05, 4.69) is 4.74 Å². The Balaban J connectivity index is 2.50. The van der Waals surface area contributed by atoms with E-state index in [-0.39, 0.29) is 18.4 Å². The van der Waals surface area contributed by atoms with E-state index in [1.807, 2.05) is 0 Å². The van der Waals surface area contributed by atoms with Gasteiger partial charge in [-0.1, -0.05) is 0 Å². The lowest BCUT2D eigenvalue weighted by molar-refractivity contribution is -0.154. The Morgan fingerprint density at radius 3 is 2.83 bits per heavy atom. The van der Waals surface area contributed by atoms with Crippen molar-refractivity contribution in [1.82, 2.24) is 0 Å². The van der Waals surface area contributed by atoms with Gasteiger partial charge in [-0.25, -0.2) is 0 Å². The molecule has 0 unspecified atom stereocenters. The fourth-order valence-electron chi connectivity index (χ4n) is 1.25. The SMILES string of the molecule is COC(=O)C[C@@]1(C)CCC(=O)O1. The Morgan fingerprint density at radius 2 is 2.42 bits per heavy atom. The zero-order valence-corrected chi connectivity index (χ0v) is 7.25. The normalized spacial score (nSPS) is 28.3. The van der Waals surface area contributed by atoms with Crippen molar-refractivity contribution in [3.05, 3.63) is 0 Å². The molecule has 1 fully saturated rings. The highest BCUT2D eigenvalue weighted by atomic mass is 16.6. The Kier molecular flexibility index (Phi) is 2.35. The maximum absolute atomic E-state index is 10.9. The number of methoxy groups -OCH3 is 1. The van der Waals surface area contributed by atoms with Crippen LogP contribution < -0.4 is 0 Å². The smallest absolute Gasteiger partial charge is 0.309 e. The summed E-state index contributed by atoms with van der Waals surface area (Å²) in [5.74, 6) is -0.575. The highest BCUT2D eigenvalue weighted by Crippen LogP contribution is 2.29. The van der Waals surface area contributed by atoms with Crippen LogP contribution in [0.5, 0.6) is 0 Å². The van der Waals surface area contributed by atoms with Crippen LogP contribution in [-0.4, -0.2) is 24.6 Å². The average Bonchev–Trinajstić information content (AvgIpc) is 2.30. The zero-order valence-electron chi connectivity index (χ0n) is 7.25. The molecule has 0 aromatic rings. The standard InChI is InChI=1S/C8H12O4/c1-8(5-7(10)11-2)4-3-6(9)12-8/h3-5H2,1-2H3/t8-/m1/s1. The molecule has 1 aliphatic heterocycles. The first kappa shape index (κ1) is 9.03. The monoisotopic (exact) mass is 172 g/mol. The summed E-state index contributed by atoms with van der Waals surface area (Å²) in [6.07, 6.45) is 1.14. The molecule has 4 heteroatoms. The minimum Gasteiger partial charge on any atom is -0.469 e. The van der Waals surface area contributed by atoms with E-state index >= 15 is 0 Å². The molecule has 0 saturated carbocycles. The number of esters is 2. The predicted molar refractivity (Wildman–Crippen MR) is 40.4 cm³/mol. The van der Waals surface area contributed by atoms with Gasteiger partial charge < -0.3 is 9.47 Å². The van der Waals surface area contributed by atoms with Crippen molar-refractivity contribution in [3.8, 4) is 0 Å². The number of carbonyl (C=O) groups excluding carboxylic acids is 2. The quantitative estimate of drug-likeness (QED) is 0.574. The molecule has 1 saturated heterocycles. The van der Waals surface area contributed by atoms with Crippen molar-refractivity contribution in [2.45, 2.75) is 31.8 Å². The first-order valence-corrected chi connectivity index (χ1v) is 3.84. The van der Waals surface area contributed by atoms with Crippen LogP contribution in [-0.2, 0) is 19.1 Å². The lowest BCUT2D eigenvalue weighted by atomic mass is 9.99. The van der Waals surface area contributed by atoms with Gasteiger partial charge >= 0.3 is 11.9 Å². The fourth-order valence-corrected chi connectivity index (χ4v) is 1.25. The second kappa shape index (κ2) is 3.13. The van der Waals surface area contributed by atoms with Crippen molar-refractivity contribution < 1.29 is 19.1 Å². The summed E-state index contributed by atoms with van der Waals surface area (Å²) in [5, 5.41) is 0. The third kappa shape index (κ3) is 1.96. The maximum Gasteiger partial charge on any atom is 0.309 e. The fraction of sp³-hybridized carbons (Fsp3) is 0.750. The molecule has 12 heavy (non-hydrogen) atoms. The van der Waals surface area contributed by atoms with Crippen LogP contribution in [0.15, 0.2) is 0 Å². The van der Waals surface area contributed by atoms with Crippen molar-refractivity contribution in [3.63, 3.8) is 0 Å². The van der Waals surface area contributed by atoms with Gasteiger partial charge in [0.2, 0.25) is 0 Å². The average molecular weight is 172 g/mol. The summed E-state index contributed by atoms with van der Waals surface area (Å²) in [5.41, 5.74) is -0.635. The lowest BCUT2D eigenvalue weighted by Crippen LogP contribution is -2.28. The Morgan fingerprint density at radius 1 is 1.75 bits per heavy atom. The maximum atomic E-state index is 10.9. The van der Waals surface area contributed by atoms with Crippen molar-refractivity contribution >= 4 is 11.9 Å². The van der Waals surface area contributed by atoms with Gasteiger partial charge in [0.15, 0.2) is 0 Å².